The van der Waals surface area contributed by atoms with Crippen LogP contribution in [0, 0.1) is 12.3 Å². The molecule has 2 fully saturated rings. The lowest BCUT2D eigenvalue weighted by Crippen LogP contribution is -2.24. The normalized spacial score (nSPS) is 19.0. The molecule has 2 aliphatic carbocycles. The molecule has 1 aromatic carbocycles. The standard InChI is InChI=1S/C19H20BrN2O/c20-13-8-9-17-15(10-13)18(22-14-4-2-1-3-5-14)16(11-21-17)19(23)12-6-7-12/h2,8-12,14H,1,3-7H2,(H,21,22)/t14-/m1/s1. The van der Waals surface area contributed by atoms with Gasteiger partial charge in [-0.2, -0.15) is 0 Å². The number of rotatable bonds is 4. The summed E-state index contributed by atoms with van der Waals surface area (Å²) < 4.78 is 1.01. The van der Waals surface area contributed by atoms with Gasteiger partial charge in [0.15, 0.2) is 5.78 Å². The first-order valence-corrected chi connectivity index (χ1v) is 9.22. The fourth-order valence-corrected chi connectivity index (χ4v) is 3.71. The molecule has 2 saturated carbocycles. The Balaban J connectivity index is 1.79. The summed E-state index contributed by atoms with van der Waals surface area (Å²) in [6.45, 7) is 0. The van der Waals surface area contributed by atoms with Gasteiger partial charge in [-0.3, -0.25) is 9.78 Å². The van der Waals surface area contributed by atoms with Crippen LogP contribution in [0.1, 0.15) is 48.9 Å². The number of benzene rings is 1. The Morgan fingerprint density at radius 2 is 2.13 bits per heavy atom. The first kappa shape index (κ1) is 15.1. The van der Waals surface area contributed by atoms with E-state index < -0.39 is 0 Å². The Labute approximate surface area is 145 Å². The van der Waals surface area contributed by atoms with Crippen molar-refractivity contribution in [2.45, 2.75) is 44.6 Å². The Morgan fingerprint density at radius 3 is 2.87 bits per heavy atom. The lowest BCUT2D eigenvalue weighted by Gasteiger charge is -2.25. The van der Waals surface area contributed by atoms with Crippen molar-refractivity contribution in [2.24, 2.45) is 5.92 Å². The number of halogens is 1. The first-order chi connectivity index (χ1) is 11.2. The molecule has 0 saturated heterocycles. The summed E-state index contributed by atoms with van der Waals surface area (Å²) in [6.07, 6.45) is 10.8. The highest BCUT2D eigenvalue weighted by molar-refractivity contribution is 9.10. The predicted molar refractivity (Wildman–Crippen MR) is 96.7 cm³/mol. The number of pyridine rings is 1. The number of carbonyl (C=O) groups is 1. The number of carbonyl (C=O) groups excluding carboxylic acids is 1. The van der Waals surface area contributed by atoms with Crippen LogP contribution in [0.25, 0.3) is 10.9 Å². The summed E-state index contributed by atoms with van der Waals surface area (Å²) in [4.78, 5) is 17.2. The minimum Gasteiger partial charge on any atom is -0.381 e. The number of Topliss-reactive ketones (excluding diaryl/α,β-unsaturated/α-hetero) is 1. The fourth-order valence-electron chi connectivity index (χ4n) is 3.35. The molecule has 119 valence electrons. The molecular weight excluding hydrogens is 352 g/mol. The van der Waals surface area contributed by atoms with Gasteiger partial charge < -0.3 is 5.32 Å². The summed E-state index contributed by atoms with van der Waals surface area (Å²) in [5.41, 5.74) is 2.68. The number of anilines is 1. The maximum absolute atomic E-state index is 12.7. The summed E-state index contributed by atoms with van der Waals surface area (Å²) in [5, 5.41) is 4.71. The van der Waals surface area contributed by atoms with Crippen molar-refractivity contribution < 1.29 is 4.79 Å². The van der Waals surface area contributed by atoms with Crippen LogP contribution >= 0.6 is 15.9 Å². The second-order valence-corrected chi connectivity index (χ2v) is 7.56. The van der Waals surface area contributed by atoms with Crippen LogP contribution in [0.4, 0.5) is 5.69 Å². The Bertz CT molecular complexity index is 748. The molecule has 0 spiro atoms. The summed E-state index contributed by atoms with van der Waals surface area (Å²) >= 11 is 3.55. The predicted octanol–water partition coefficient (Wildman–Crippen LogP) is 5.15. The average Bonchev–Trinajstić information content (AvgIpc) is 3.41. The highest BCUT2D eigenvalue weighted by atomic mass is 79.9. The van der Waals surface area contributed by atoms with E-state index in [0.717, 1.165) is 52.3 Å². The number of fused-ring (bicyclic) bond motifs is 1. The average molecular weight is 372 g/mol. The van der Waals surface area contributed by atoms with Crippen LogP contribution < -0.4 is 5.32 Å². The summed E-state index contributed by atoms with van der Waals surface area (Å²) in [6, 6.07) is 6.49. The molecule has 3 nitrogen and oxygen atoms in total. The highest BCUT2D eigenvalue weighted by Crippen LogP contribution is 2.38. The zero-order valence-electron chi connectivity index (χ0n) is 13.0. The SMILES string of the molecule is O=C(c1cnc2ccc(Br)cc2c1N[C@@H]1C[CH]CCC1)C1CC1. The number of ketones is 1. The van der Waals surface area contributed by atoms with E-state index in [1.165, 1.54) is 12.8 Å². The van der Waals surface area contributed by atoms with E-state index >= 15 is 0 Å². The largest absolute Gasteiger partial charge is 0.381 e. The lowest BCUT2D eigenvalue weighted by molar-refractivity contribution is 0.0968. The third-order valence-electron chi connectivity index (χ3n) is 4.80. The van der Waals surface area contributed by atoms with Gasteiger partial charge in [-0.25, -0.2) is 0 Å². The van der Waals surface area contributed by atoms with Crippen LogP contribution in [-0.4, -0.2) is 16.8 Å². The molecule has 23 heavy (non-hydrogen) atoms. The Kier molecular flexibility index (Phi) is 4.10. The van der Waals surface area contributed by atoms with E-state index in [9.17, 15) is 4.79 Å². The smallest absolute Gasteiger partial charge is 0.169 e. The van der Waals surface area contributed by atoms with Crippen LogP contribution in [0.5, 0.6) is 0 Å². The molecule has 1 aromatic heterocycles. The van der Waals surface area contributed by atoms with Gasteiger partial charge in [0, 0.05) is 28.0 Å². The van der Waals surface area contributed by atoms with Crippen molar-refractivity contribution in [3.63, 3.8) is 0 Å². The highest BCUT2D eigenvalue weighted by Gasteiger charge is 2.33. The molecule has 1 radical (unpaired) electrons. The van der Waals surface area contributed by atoms with Crippen molar-refractivity contribution in [1.82, 2.24) is 4.98 Å². The van der Waals surface area contributed by atoms with Gasteiger partial charge >= 0.3 is 0 Å². The molecule has 2 aliphatic rings. The Morgan fingerprint density at radius 1 is 1.26 bits per heavy atom. The van der Waals surface area contributed by atoms with Crippen molar-refractivity contribution in [2.75, 3.05) is 5.32 Å². The molecule has 1 N–H and O–H groups in total. The van der Waals surface area contributed by atoms with Crippen LogP contribution in [0.15, 0.2) is 28.9 Å². The van der Waals surface area contributed by atoms with Crippen LogP contribution in [-0.2, 0) is 0 Å². The number of hydrogen-bond acceptors (Lipinski definition) is 3. The molecule has 0 amide bonds. The monoisotopic (exact) mass is 371 g/mol. The summed E-state index contributed by atoms with van der Waals surface area (Å²) in [5.74, 6) is 0.460. The molecule has 2 aromatic rings. The minimum atomic E-state index is 0.208. The molecular formula is C19H20BrN2O. The Hall–Kier alpha value is -1.42. The van der Waals surface area contributed by atoms with Gasteiger partial charge in [-0.05, 0) is 50.3 Å². The molecule has 0 aliphatic heterocycles. The van der Waals surface area contributed by atoms with Gasteiger partial charge in [-0.1, -0.05) is 28.8 Å². The molecule has 0 bridgehead atoms. The van der Waals surface area contributed by atoms with Gasteiger partial charge in [0.05, 0.1) is 16.8 Å². The fraction of sp³-hybridized carbons (Fsp3) is 0.421. The van der Waals surface area contributed by atoms with E-state index in [1.54, 1.807) is 6.20 Å². The number of hydrogen-bond donors (Lipinski definition) is 1. The molecule has 1 heterocycles. The molecule has 0 unspecified atom stereocenters. The second kappa shape index (κ2) is 6.23. The first-order valence-electron chi connectivity index (χ1n) is 8.43. The maximum Gasteiger partial charge on any atom is 0.169 e. The van der Waals surface area contributed by atoms with Crippen molar-refractivity contribution >= 4 is 38.3 Å². The van der Waals surface area contributed by atoms with E-state index in [2.05, 4.69) is 38.7 Å². The van der Waals surface area contributed by atoms with Gasteiger partial charge in [0.2, 0.25) is 0 Å². The van der Waals surface area contributed by atoms with Crippen molar-refractivity contribution in [1.29, 1.82) is 0 Å². The van der Waals surface area contributed by atoms with Crippen LogP contribution in [0.2, 0.25) is 0 Å². The topological polar surface area (TPSA) is 42.0 Å². The molecule has 4 rings (SSSR count). The molecule has 1 atom stereocenters. The van der Waals surface area contributed by atoms with Crippen molar-refractivity contribution in [3.05, 3.63) is 40.9 Å². The third kappa shape index (κ3) is 3.14. The van der Waals surface area contributed by atoms with Crippen molar-refractivity contribution in [3.8, 4) is 0 Å². The number of nitrogens with one attached hydrogen (secondary N) is 1. The zero-order chi connectivity index (χ0) is 15.8. The number of nitrogens with zero attached hydrogens (tertiary/aromatic N) is 1. The van der Waals surface area contributed by atoms with E-state index in [4.69, 9.17) is 0 Å². The van der Waals surface area contributed by atoms with E-state index in [-0.39, 0.29) is 11.7 Å². The summed E-state index contributed by atoms with van der Waals surface area (Å²) in [7, 11) is 0. The quantitative estimate of drug-likeness (QED) is 0.755. The molecule has 4 heteroatoms. The van der Waals surface area contributed by atoms with E-state index in [0.29, 0.717) is 6.04 Å². The maximum atomic E-state index is 12.7. The second-order valence-electron chi connectivity index (χ2n) is 6.64. The zero-order valence-corrected chi connectivity index (χ0v) is 14.6. The van der Waals surface area contributed by atoms with Gasteiger partial charge in [0.25, 0.3) is 0 Å². The third-order valence-corrected chi connectivity index (χ3v) is 5.30. The number of aromatic nitrogens is 1. The lowest BCUT2D eigenvalue weighted by atomic mass is 9.94. The van der Waals surface area contributed by atoms with Gasteiger partial charge in [0.1, 0.15) is 0 Å². The minimum absolute atomic E-state index is 0.208. The van der Waals surface area contributed by atoms with E-state index in [1.807, 2.05) is 12.1 Å². The van der Waals surface area contributed by atoms with Crippen LogP contribution in [0.3, 0.4) is 0 Å². The van der Waals surface area contributed by atoms with Gasteiger partial charge in [-0.15, -0.1) is 0 Å².